The van der Waals surface area contributed by atoms with E-state index in [0.29, 0.717) is 12.8 Å². The van der Waals surface area contributed by atoms with Gasteiger partial charge in [0, 0.05) is 6.54 Å². The number of halogens is 3. The highest BCUT2D eigenvalue weighted by molar-refractivity contribution is 5.76. The largest absolute Gasteiger partial charge is 0.481 e. The van der Waals surface area contributed by atoms with Crippen LogP contribution in [0.2, 0.25) is 0 Å². The summed E-state index contributed by atoms with van der Waals surface area (Å²) in [4.78, 5) is 22.3. The first kappa shape index (κ1) is 15.6. The van der Waals surface area contributed by atoms with Gasteiger partial charge in [0.25, 0.3) is 0 Å². The first-order valence-corrected chi connectivity index (χ1v) is 6.07. The molecule has 0 spiro atoms. The minimum Gasteiger partial charge on any atom is -0.481 e. The van der Waals surface area contributed by atoms with E-state index in [4.69, 9.17) is 5.11 Å². The van der Waals surface area contributed by atoms with E-state index >= 15 is 0 Å². The van der Waals surface area contributed by atoms with Crippen LogP contribution in [0.4, 0.5) is 18.0 Å². The van der Waals surface area contributed by atoms with Gasteiger partial charge in [-0.1, -0.05) is 12.8 Å². The number of carbonyl (C=O) groups excluding carboxylic acids is 1. The zero-order chi connectivity index (χ0) is 14.5. The number of carboxylic acids is 1. The molecule has 1 saturated carbocycles. The molecule has 0 bridgehead atoms. The maximum Gasteiger partial charge on any atom is 0.390 e. The number of nitrogens with one attached hydrogen (secondary N) is 2. The van der Waals surface area contributed by atoms with E-state index in [0.717, 1.165) is 12.8 Å². The van der Waals surface area contributed by atoms with Gasteiger partial charge in [0.15, 0.2) is 0 Å². The van der Waals surface area contributed by atoms with Gasteiger partial charge in [-0.15, -0.1) is 0 Å². The minimum absolute atomic E-state index is 0.209. The summed E-state index contributed by atoms with van der Waals surface area (Å²) in [7, 11) is 0. The molecule has 0 aromatic heterocycles. The Morgan fingerprint density at radius 2 is 1.79 bits per heavy atom. The van der Waals surface area contributed by atoms with Crippen LogP contribution in [0.1, 0.15) is 38.5 Å². The Kier molecular flexibility index (Phi) is 5.02. The second-order valence-electron chi connectivity index (χ2n) is 4.80. The van der Waals surface area contributed by atoms with E-state index in [9.17, 15) is 22.8 Å². The second-order valence-corrected chi connectivity index (χ2v) is 4.80. The zero-order valence-corrected chi connectivity index (χ0v) is 10.3. The highest BCUT2D eigenvalue weighted by Crippen LogP contribution is 2.32. The van der Waals surface area contributed by atoms with Crippen molar-refractivity contribution >= 4 is 12.0 Å². The van der Waals surface area contributed by atoms with Crippen LogP contribution in [0.5, 0.6) is 0 Å². The maximum atomic E-state index is 11.9. The van der Waals surface area contributed by atoms with Crippen LogP contribution in [-0.4, -0.2) is 35.4 Å². The maximum absolute atomic E-state index is 11.9. The average Bonchev–Trinajstić information content (AvgIpc) is 2.62. The Bertz CT molecular complexity index is 339. The molecular formula is C11H17F3N2O3. The molecule has 0 aromatic rings. The number of carboxylic acid groups (broad SMARTS) is 1. The van der Waals surface area contributed by atoms with Crippen molar-refractivity contribution in [1.29, 1.82) is 0 Å². The predicted molar refractivity (Wildman–Crippen MR) is 60.7 cm³/mol. The molecule has 2 amide bonds. The molecule has 0 saturated heterocycles. The standard InChI is InChI=1S/C11H17F3N2O3/c12-11(13,14)5-6-15-9(19)16-10(7-8(17)18)3-1-2-4-10/h1-7H2,(H,17,18)(H2,15,16,19). The molecule has 0 aliphatic heterocycles. The Morgan fingerprint density at radius 1 is 1.21 bits per heavy atom. The molecule has 0 radical (unpaired) electrons. The van der Waals surface area contributed by atoms with Gasteiger partial charge >= 0.3 is 18.2 Å². The molecule has 5 nitrogen and oxygen atoms in total. The summed E-state index contributed by atoms with van der Waals surface area (Å²) < 4.78 is 35.7. The molecule has 0 aromatic carbocycles. The second kappa shape index (κ2) is 6.12. The number of hydrogen-bond donors (Lipinski definition) is 3. The van der Waals surface area contributed by atoms with E-state index < -0.39 is 36.7 Å². The molecule has 3 N–H and O–H groups in total. The monoisotopic (exact) mass is 282 g/mol. The summed E-state index contributed by atoms with van der Waals surface area (Å²) in [5.74, 6) is -1.03. The number of aliphatic carboxylic acids is 1. The van der Waals surface area contributed by atoms with Gasteiger partial charge in [0.2, 0.25) is 0 Å². The lowest BCUT2D eigenvalue weighted by Crippen LogP contribution is -2.52. The summed E-state index contributed by atoms with van der Waals surface area (Å²) in [6.07, 6.45) is -2.96. The lowest BCUT2D eigenvalue weighted by atomic mass is 9.93. The molecular weight excluding hydrogens is 265 g/mol. The van der Waals surface area contributed by atoms with E-state index in [2.05, 4.69) is 10.6 Å². The van der Waals surface area contributed by atoms with E-state index in [1.807, 2.05) is 0 Å². The van der Waals surface area contributed by atoms with Crippen LogP contribution in [0.3, 0.4) is 0 Å². The summed E-state index contributed by atoms with van der Waals surface area (Å²) in [6, 6.07) is -0.743. The SMILES string of the molecule is O=C(O)CC1(NC(=O)NCCC(F)(F)F)CCCC1. The number of alkyl halides is 3. The van der Waals surface area contributed by atoms with Crippen LogP contribution in [0.25, 0.3) is 0 Å². The van der Waals surface area contributed by atoms with Crippen LogP contribution in [0.15, 0.2) is 0 Å². The molecule has 1 aliphatic rings. The van der Waals surface area contributed by atoms with Gasteiger partial charge in [0.1, 0.15) is 0 Å². The van der Waals surface area contributed by atoms with Crippen molar-refractivity contribution in [2.24, 2.45) is 0 Å². The molecule has 1 fully saturated rings. The van der Waals surface area contributed by atoms with Gasteiger partial charge in [0.05, 0.1) is 18.4 Å². The highest BCUT2D eigenvalue weighted by Gasteiger charge is 2.37. The Hall–Kier alpha value is -1.47. The van der Waals surface area contributed by atoms with Crippen molar-refractivity contribution in [3.05, 3.63) is 0 Å². The quantitative estimate of drug-likeness (QED) is 0.722. The Morgan fingerprint density at radius 3 is 2.26 bits per heavy atom. The molecule has 110 valence electrons. The molecule has 1 rings (SSSR count). The molecule has 1 aliphatic carbocycles. The first-order valence-electron chi connectivity index (χ1n) is 6.07. The summed E-state index contributed by atoms with van der Waals surface area (Å²) >= 11 is 0. The minimum atomic E-state index is -4.32. The number of carbonyl (C=O) groups is 2. The van der Waals surface area contributed by atoms with Gasteiger partial charge in [-0.3, -0.25) is 4.79 Å². The molecule has 0 heterocycles. The fourth-order valence-electron chi connectivity index (χ4n) is 2.29. The number of urea groups is 1. The lowest BCUT2D eigenvalue weighted by molar-refractivity contribution is -0.138. The molecule has 0 unspecified atom stereocenters. The van der Waals surface area contributed by atoms with Gasteiger partial charge in [-0.05, 0) is 12.8 Å². The summed E-state index contributed by atoms with van der Waals surface area (Å²) in [6.45, 7) is -0.515. The fraction of sp³-hybridized carbons (Fsp3) is 0.818. The van der Waals surface area contributed by atoms with Crippen molar-refractivity contribution in [2.45, 2.75) is 50.2 Å². The smallest absolute Gasteiger partial charge is 0.390 e. The Labute approximate surface area is 108 Å². The van der Waals surface area contributed by atoms with Crippen molar-refractivity contribution < 1.29 is 27.9 Å². The van der Waals surface area contributed by atoms with Crippen LogP contribution in [0, 0.1) is 0 Å². The van der Waals surface area contributed by atoms with Crippen molar-refractivity contribution in [2.75, 3.05) is 6.54 Å². The third kappa shape index (κ3) is 5.80. The van der Waals surface area contributed by atoms with Gasteiger partial charge < -0.3 is 15.7 Å². The lowest BCUT2D eigenvalue weighted by Gasteiger charge is -2.28. The highest BCUT2D eigenvalue weighted by atomic mass is 19.4. The van der Waals surface area contributed by atoms with E-state index in [1.54, 1.807) is 0 Å². The topological polar surface area (TPSA) is 78.4 Å². The summed E-state index contributed by atoms with van der Waals surface area (Å²) in [5, 5.41) is 13.4. The molecule has 0 atom stereocenters. The first-order chi connectivity index (χ1) is 8.72. The van der Waals surface area contributed by atoms with Crippen molar-refractivity contribution in [1.82, 2.24) is 10.6 Å². The van der Waals surface area contributed by atoms with Gasteiger partial charge in [-0.2, -0.15) is 13.2 Å². The average molecular weight is 282 g/mol. The predicted octanol–water partition coefficient (Wildman–Crippen LogP) is 2.03. The van der Waals surface area contributed by atoms with E-state index in [1.165, 1.54) is 0 Å². The normalized spacial score (nSPS) is 18.1. The van der Waals surface area contributed by atoms with Crippen LogP contribution >= 0.6 is 0 Å². The number of hydrogen-bond acceptors (Lipinski definition) is 2. The number of amides is 2. The van der Waals surface area contributed by atoms with E-state index in [-0.39, 0.29) is 6.42 Å². The van der Waals surface area contributed by atoms with Gasteiger partial charge in [-0.25, -0.2) is 4.79 Å². The molecule has 8 heteroatoms. The summed E-state index contributed by atoms with van der Waals surface area (Å²) in [5.41, 5.74) is -0.825. The van der Waals surface area contributed by atoms with Crippen molar-refractivity contribution in [3.8, 4) is 0 Å². The van der Waals surface area contributed by atoms with Crippen LogP contribution < -0.4 is 10.6 Å². The third-order valence-corrected chi connectivity index (χ3v) is 3.12. The Balaban J connectivity index is 2.42. The fourth-order valence-corrected chi connectivity index (χ4v) is 2.29. The van der Waals surface area contributed by atoms with Crippen LogP contribution in [-0.2, 0) is 4.79 Å². The van der Waals surface area contributed by atoms with Crippen molar-refractivity contribution in [3.63, 3.8) is 0 Å². The number of rotatable bonds is 5. The molecule has 19 heavy (non-hydrogen) atoms. The third-order valence-electron chi connectivity index (χ3n) is 3.12. The zero-order valence-electron chi connectivity index (χ0n) is 10.3.